The van der Waals surface area contributed by atoms with Crippen molar-refractivity contribution >= 4 is 29.1 Å². The van der Waals surface area contributed by atoms with Gasteiger partial charge in [-0.1, -0.05) is 11.6 Å². The predicted octanol–water partition coefficient (Wildman–Crippen LogP) is 0.727. The Hall–Kier alpha value is -2.35. The van der Waals surface area contributed by atoms with Gasteiger partial charge in [-0.05, 0) is 6.92 Å². The predicted molar refractivity (Wildman–Crippen MR) is 77.5 cm³/mol. The molecule has 0 atom stereocenters. The number of rotatable bonds is 3. The Morgan fingerprint density at radius 2 is 1.90 bits per heavy atom. The van der Waals surface area contributed by atoms with Crippen molar-refractivity contribution in [2.75, 3.05) is 12.4 Å². The lowest BCUT2D eigenvalue weighted by Crippen LogP contribution is -2.22. The van der Waals surface area contributed by atoms with E-state index in [9.17, 15) is 9.59 Å². The summed E-state index contributed by atoms with van der Waals surface area (Å²) in [7, 11) is 4.77. The van der Waals surface area contributed by atoms with Gasteiger partial charge in [0, 0.05) is 27.3 Å². The summed E-state index contributed by atoms with van der Waals surface area (Å²) in [6, 6.07) is 0. The van der Waals surface area contributed by atoms with Crippen LogP contribution in [0.3, 0.4) is 0 Å². The van der Waals surface area contributed by atoms with Crippen molar-refractivity contribution in [1.29, 1.82) is 0 Å². The van der Waals surface area contributed by atoms with Crippen molar-refractivity contribution in [2.24, 2.45) is 14.1 Å². The molecule has 0 saturated heterocycles. The zero-order valence-corrected chi connectivity index (χ0v) is 12.8. The molecule has 0 aliphatic heterocycles. The lowest BCUT2D eigenvalue weighted by Gasteiger charge is -2.05. The van der Waals surface area contributed by atoms with Gasteiger partial charge in [-0.3, -0.25) is 19.0 Å². The Labute approximate surface area is 126 Å². The van der Waals surface area contributed by atoms with Gasteiger partial charge in [0.15, 0.2) is 5.69 Å². The molecule has 0 saturated carbocycles. The van der Waals surface area contributed by atoms with Crippen molar-refractivity contribution in [1.82, 2.24) is 24.9 Å². The van der Waals surface area contributed by atoms with Gasteiger partial charge >= 0.3 is 0 Å². The number of halogens is 1. The van der Waals surface area contributed by atoms with Gasteiger partial charge in [0.25, 0.3) is 11.8 Å². The van der Waals surface area contributed by atoms with Gasteiger partial charge in [-0.15, -0.1) is 0 Å². The second-order valence-electron chi connectivity index (χ2n) is 4.47. The first kappa shape index (κ1) is 15.0. The zero-order chi connectivity index (χ0) is 15.7. The van der Waals surface area contributed by atoms with E-state index in [1.807, 2.05) is 0 Å². The molecular weight excluding hydrogens is 296 g/mol. The molecule has 8 nitrogen and oxygen atoms in total. The smallest absolute Gasteiger partial charge is 0.275 e. The first-order valence-electron chi connectivity index (χ1n) is 6.11. The van der Waals surface area contributed by atoms with Crippen LogP contribution in [0, 0.1) is 6.92 Å². The second kappa shape index (κ2) is 5.57. The average Bonchev–Trinajstić information content (AvgIpc) is 2.89. The van der Waals surface area contributed by atoms with E-state index >= 15 is 0 Å². The number of hydrogen-bond acceptors (Lipinski definition) is 4. The molecule has 0 aliphatic rings. The van der Waals surface area contributed by atoms with E-state index in [-0.39, 0.29) is 16.4 Å². The van der Waals surface area contributed by atoms with Gasteiger partial charge in [0.1, 0.15) is 5.69 Å². The van der Waals surface area contributed by atoms with Crippen molar-refractivity contribution in [3.05, 3.63) is 28.3 Å². The van der Waals surface area contributed by atoms with Crippen LogP contribution in [-0.2, 0) is 14.1 Å². The fourth-order valence-electron chi connectivity index (χ4n) is 1.93. The molecule has 2 amide bonds. The van der Waals surface area contributed by atoms with Gasteiger partial charge in [0.2, 0.25) is 0 Å². The number of aromatic nitrogens is 4. The maximum absolute atomic E-state index is 12.3. The molecular formula is C12H15ClN6O2. The monoisotopic (exact) mass is 310 g/mol. The molecule has 0 radical (unpaired) electrons. The van der Waals surface area contributed by atoms with Crippen molar-refractivity contribution in [3.63, 3.8) is 0 Å². The molecule has 0 aliphatic carbocycles. The Morgan fingerprint density at radius 3 is 2.43 bits per heavy atom. The highest BCUT2D eigenvalue weighted by Gasteiger charge is 2.22. The number of hydrogen-bond donors (Lipinski definition) is 2. The summed E-state index contributed by atoms with van der Waals surface area (Å²) in [5.41, 5.74) is 1.21. The molecule has 2 aromatic rings. The molecule has 0 unspecified atom stereocenters. The highest BCUT2D eigenvalue weighted by Crippen LogP contribution is 2.21. The van der Waals surface area contributed by atoms with E-state index in [4.69, 9.17) is 11.6 Å². The first-order valence-corrected chi connectivity index (χ1v) is 6.49. The lowest BCUT2D eigenvalue weighted by atomic mass is 10.3. The highest BCUT2D eigenvalue weighted by atomic mass is 35.5. The van der Waals surface area contributed by atoms with E-state index < -0.39 is 11.8 Å². The first-order chi connectivity index (χ1) is 9.85. The minimum absolute atomic E-state index is 0.128. The Bertz CT molecular complexity index is 718. The molecule has 0 spiro atoms. The van der Waals surface area contributed by atoms with E-state index in [0.29, 0.717) is 11.4 Å². The van der Waals surface area contributed by atoms with Gasteiger partial charge in [-0.2, -0.15) is 10.2 Å². The summed E-state index contributed by atoms with van der Waals surface area (Å²) in [6.45, 7) is 1.71. The number of anilines is 1. The van der Waals surface area contributed by atoms with Crippen LogP contribution in [0.5, 0.6) is 0 Å². The highest BCUT2D eigenvalue weighted by molar-refractivity contribution is 6.34. The van der Waals surface area contributed by atoms with E-state index in [1.54, 1.807) is 27.2 Å². The lowest BCUT2D eigenvalue weighted by molar-refractivity contribution is 0.0958. The van der Waals surface area contributed by atoms with Gasteiger partial charge in [-0.25, -0.2) is 0 Å². The minimum Gasteiger partial charge on any atom is -0.354 e. The number of carbonyl (C=O) groups excluding carboxylic acids is 2. The standard InChI is InChI=1S/C12H15ClN6O2/c1-6-8(13)10(19(4)16-6)12(21)15-7-5-18(3)17-9(7)11(20)14-2/h5H,1-4H3,(H,14,20)(H,15,21). The molecule has 2 rings (SSSR count). The largest absolute Gasteiger partial charge is 0.354 e. The van der Waals surface area contributed by atoms with E-state index in [2.05, 4.69) is 20.8 Å². The van der Waals surface area contributed by atoms with Crippen molar-refractivity contribution in [3.8, 4) is 0 Å². The summed E-state index contributed by atoms with van der Waals surface area (Å²) in [6.07, 6.45) is 1.54. The molecule has 2 heterocycles. The minimum atomic E-state index is -0.457. The average molecular weight is 311 g/mol. The van der Waals surface area contributed by atoms with Crippen LogP contribution in [0.15, 0.2) is 6.20 Å². The van der Waals surface area contributed by atoms with Crippen LogP contribution in [-0.4, -0.2) is 38.4 Å². The third-order valence-electron chi connectivity index (χ3n) is 2.88. The molecule has 0 bridgehead atoms. The molecule has 112 valence electrons. The van der Waals surface area contributed by atoms with Gasteiger partial charge < -0.3 is 10.6 Å². The van der Waals surface area contributed by atoms with Gasteiger partial charge in [0.05, 0.1) is 16.4 Å². The maximum atomic E-state index is 12.3. The molecule has 0 fully saturated rings. The number of carbonyl (C=O) groups is 2. The summed E-state index contributed by atoms with van der Waals surface area (Å²) < 4.78 is 2.83. The van der Waals surface area contributed by atoms with E-state index in [1.165, 1.54) is 16.4 Å². The van der Waals surface area contributed by atoms with Crippen molar-refractivity contribution < 1.29 is 9.59 Å². The zero-order valence-electron chi connectivity index (χ0n) is 12.1. The third-order valence-corrected chi connectivity index (χ3v) is 3.34. The third kappa shape index (κ3) is 2.75. The quantitative estimate of drug-likeness (QED) is 0.874. The molecule has 9 heteroatoms. The molecule has 2 aromatic heterocycles. The summed E-state index contributed by atoms with van der Waals surface area (Å²) in [5, 5.41) is 13.5. The van der Waals surface area contributed by atoms with Crippen LogP contribution in [0.1, 0.15) is 26.7 Å². The molecule has 21 heavy (non-hydrogen) atoms. The fraction of sp³-hybridized carbons (Fsp3) is 0.333. The fourth-order valence-corrected chi connectivity index (χ4v) is 2.17. The number of amides is 2. The van der Waals surface area contributed by atoms with Crippen LogP contribution < -0.4 is 10.6 Å². The Morgan fingerprint density at radius 1 is 1.24 bits per heavy atom. The van der Waals surface area contributed by atoms with Crippen LogP contribution >= 0.6 is 11.6 Å². The normalized spacial score (nSPS) is 10.5. The summed E-state index contributed by atoms with van der Waals surface area (Å²) in [4.78, 5) is 24.0. The topological polar surface area (TPSA) is 93.8 Å². The summed E-state index contributed by atoms with van der Waals surface area (Å²) in [5.74, 6) is -0.848. The number of nitrogens with one attached hydrogen (secondary N) is 2. The van der Waals surface area contributed by atoms with E-state index in [0.717, 1.165) is 0 Å². The van der Waals surface area contributed by atoms with Crippen LogP contribution in [0.4, 0.5) is 5.69 Å². The van der Waals surface area contributed by atoms with Crippen LogP contribution in [0.25, 0.3) is 0 Å². The summed E-state index contributed by atoms with van der Waals surface area (Å²) >= 11 is 6.07. The Kier molecular flexibility index (Phi) is 3.99. The second-order valence-corrected chi connectivity index (χ2v) is 4.85. The van der Waals surface area contributed by atoms with Crippen molar-refractivity contribution in [2.45, 2.75) is 6.92 Å². The molecule has 2 N–H and O–H groups in total. The van der Waals surface area contributed by atoms with Crippen LogP contribution in [0.2, 0.25) is 5.02 Å². The number of nitrogens with zero attached hydrogens (tertiary/aromatic N) is 4. The maximum Gasteiger partial charge on any atom is 0.275 e. The SMILES string of the molecule is CNC(=O)c1nn(C)cc1NC(=O)c1c(Cl)c(C)nn1C. The molecule has 0 aromatic carbocycles. The number of aryl methyl sites for hydroxylation is 3. The Balaban J connectivity index is 2.34.